The molecular weight excluding hydrogens is 396 g/mol. The van der Waals surface area contributed by atoms with E-state index in [1.54, 1.807) is 14.1 Å². The van der Waals surface area contributed by atoms with Crippen molar-refractivity contribution in [1.29, 1.82) is 0 Å². The summed E-state index contributed by atoms with van der Waals surface area (Å²) in [6.07, 6.45) is 0. The lowest BCUT2D eigenvalue weighted by Gasteiger charge is -2.10. The number of amides is 2. The van der Waals surface area contributed by atoms with E-state index in [0.29, 0.717) is 5.16 Å². The molecule has 2 amide bonds. The van der Waals surface area contributed by atoms with Gasteiger partial charge in [0.15, 0.2) is 5.16 Å². The Balaban J connectivity index is 1.79. The maximum absolute atomic E-state index is 12.1. The fourth-order valence-corrected chi connectivity index (χ4v) is 3.49. The molecule has 0 aliphatic carbocycles. The zero-order valence-corrected chi connectivity index (χ0v) is 18.5. The van der Waals surface area contributed by atoms with Crippen molar-refractivity contribution in [2.75, 3.05) is 26.4 Å². The molecule has 2 N–H and O–H groups in total. The lowest BCUT2D eigenvalue weighted by molar-refractivity contribution is -0.130. The van der Waals surface area contributed by atoms with E-state index in [0.717, 1.165) is 22.5 Å². The zero-order chi connectivity index (χ0) is 21.7. The number of carbonyl (C=O) groups excluding carboxylic acids is 2. The first-order chi connectivity index (χ1) is 14.3. The molecule has 1 heterocycles. The Morgan fingerprint density at radius 2 is 1.53 bits per heavy atom. The lowest BCUT2D eigenvalue weighted by Crippen LogP contribution is -2.36. The van der Waals surface area contributed by atoms with E-state index in [4.69, 9.17) is 4.98 Å². The van der Waals surface area contributed by atoms with Crippen molar-refractivity contribution >= 4 is 23.6 Å². The van der Waals surface area contributed by atoms with E-state index < -0.39 is 0 Å². The van der Waals surface area contributed by atoms with Gasteiger partial charge in [0, 0.05) is 25.2 Å². The first-order valence-electron chi connectivity index (χ1n) is 9.67. The fraction of sp³-hybridized carbons (Fsp3) is 0.261. The van der Waals surface area contributed by atoms with Crippen molar-refractivity contribution < 1.29 is 9.59 Å². The first kappa shape index (κ1) is 21.6. The second kappa shape index (κ2) is 9.63. The number of imidazole rings is 1. The van der Waals surface area contributed by atoms with Crippen molar-refractivity contribution in [1.82, 2.24) is 20.2 Å². The summed E-state index contributed by atoms with van der Waals surface area (Å²) in [5.41, 5.74) is 6.20. The minimum Gasteiger partial charge on any atom is -0.347 e. The molecule has 30 heavy (non-hydrogen) atoms. The number of H-pyrrole nitrogens is 1. The van der Waals surface area contributed by atoms with Crippen LogP contribution in [0.15, 0.2) is 53.7 Å². The number of likely N-dealkylation sites (N-methyl/N-ethyl adjacent to an activating group) is 1. The molecule has 0 fully saturated rings. The van der Waals surface area contributed by atoms with Crippen LogP contribution in [0.5, 0.6) is 0 Å². The number of aromatic amines is 1. The molecule has 7 heteroatoms. The number of rotatable bonds is 7. The number of carbonyl (C=O) groups is 2. The second-order valence-corrected chi connectivity index (χ2v) is 8.32. The van der Waals surface area contributed by atoms with Gasteiger partial charge < -0.3 is 15.2 Å². The zero-order valence-electron chi connectivity index (χ0n) is 17.7. The predicted octanol–water partition coefficient (Wildman–Crippen LogP) is 3.66. The molecule has 0 bridgehead atoms. The smallest absolute Gasteiger partial charge is 0.241 e. The summed E-state index contributed by atoms with van der Waals surface area (Å²) in [7, 11) is 3.32. The third-order valence-electron chi connectivity index (χ3n) is 4.62. The van der Waals surface area contributed by atoms with E-state index >= 15 is 0 Å². The van der Waals surface area contributed by atoms with E-state index in [1.165, 1.54) is 27.8 Å². The van der Waals surface area contributed by atoms with Gasteiger partial charge in [-0.15, -0.1) is 0 Å². The first-order valence-corrected chi connectivity index (χ1v) is 10.7. The lowest BCUT2D eigenvalue weighted by atomic mass is 10.0. The van der Waals surface area contributed by atoms with Gasteiger partial charge in [-0.1, -0.05) is 71.4 Å². The molecule has 0 radical (unpaired) electrons. The van der Waals surface area contributed by atoms with Gasteiger partial charge in [0.2, 0.25) is 11.8 Å². The minimum absolute atomic E-state index is 0.00617. The highest BCUT2D eigenvalue weighted by molar-refractivity contribution is 7.99. The second-order valence-electron chi connectivity index (χ2n) is 7.35. The van der Waals surface area contributed by atoms with Crippen LogP contribution in [0.1, 0.15) is 11.1 Å². The van der Waals surface area contributed by atoms with Crippen molar-refractivity contribution in [3.05, 3.63) is 59.7 Å². The molecule has 0 unspecified atom stereocenters. The van der Waals surface area contributed by atoms with Gasteiger partial charge in [-0.3, -0.25) is 9.59 Å². The van der Waals surface area contributed by atoms with Crippen LogP contribution in [0.3, 0.4) is 0 Å². The minimum atomic E-state index is -0.208. The molecule has 0 aliphatic rings. The van der Waals surface area contributed by atoms with E-state index in [2.05, 4.69) is 72.7 Å². The third-order valence-corrected chi connectivity index (χ3v) is 5.50. The Morgan fingerprint density at radius 3 is 2.10 bits per heavy atom. The number of aromatic nitrogens is 2. The van der Waals surface area contributed by atoms with Crippen LogP contribution in [0.4, 0.5) is 0 Å². The number of nitrogens with zero attached hydrogens (tertiary/aromatic N) is 2. The number of thioether (sulfide) groups is 1. The molecule has 156 valence electrons. The quantitative estimate of drug-likeness (QED) is 0.570. The third kappa shape index (κ3) is 5.51. The summed E-state index contributed by atoms with van der Waals surface area (Å²) >= 11 is 1.32. The average Bonchev–Trinajstić information content (AvgIpc) is 3.15. The van der Waals surface area contributed by atoms with Crippen molar-refractivity contribution in [3.8, 4) is 22.5 Å². The molecule has 1 aromatic heterocycles. The summed E-state index contributed by atoms with van der Waals surface area (Å²) in [5.74, 6) is -0.176. The summed E-state index contributed by atoms with van der Waals surface area (Å²) in [4.78, 5) is 33.3. The number of nitrogens with one attached hydrogen (secondary N) is 2. The SMILES string of the molecule is Cc1ccc(-c2nc(SCC(=O)NCC(=O)N(C)C)[nH]c2-c2ccc(C)cc2)cc1. The molecule has 3 aromatic rings. The number of hydrogen-bond donors (Lipinski definition) is 2. The summed E-state index contributed by atoms with van der Waals surface area (Å²) in [6.45, 7) is 4.10. The monoisotopic (exact) mass is 422 g/mol. The standard InChI is InChI=1S/C23H26N4O2S/c1-15-5-9-17(10-6-15)21-22(18-11-7-16(2)8-12-18)26-23(25-21)30-14-19(28)24-13-20(29)27(3)4/h5-12H,13-14H2,1-4H3,(H,24,28)(H,25,26). The van der Waals surface area contributed by atoms with Gasteiger partial charge in [0.1, 0.15) is 0 Å². The highest BCUT2D eigenvalue weighted by Crippen LogP contribution is 2.33. The van der Waals surface area contributed by atoms with Crippen LogP contribution in [0.25, 0.3) is 22.5 Å². The fourth-order valence-electron chi connectivity index (χ4n) is 2.79. The number of aryl methyl sites for hydroxylation is 2. The van der Waals surface area contributed by atoms with E-state index in [9.17, 15) is 9.59 Å². The van der Waals surface area contributed by atoms with Gasteiger partial charge in [-0.2, -0.15) is 0 Å². The highest BCUT2D eigenvalue weighted by Gasteiger charge is 2.16. The molecule has 0 spiro atoms. The molecule has 0 saturated carbocycles. The molecule has 6 nitrogen and oxygen atoms in total. The van der Waals surface area contributed by atoms with E-state index in [1.807, 2.05) is 0 Å². The normalized spacial score (nSPS) is 10.7. The van der Waals surface area contributed by atoms with Crippen LogP contribution in [-0.2, 0) is 9.59 Å². The van der Waals surface area contributed by atoms with Gasteiger partial charge in [-0.05, 0) is 13.8 Å². The number of benzene rings is 2. The topological polar surface area (TPSA) is 78.1 Å². The average molecular weight is 423 g/mol. The summed E-state index contributed by atoms with van der Waals surface area (Å²) < 4.78 is 0. The molecular formula is C23H26N4O2S. The Kier molecular flexibility index (Phi) is 6.95. The van der Waals surface area contributed by atoms with Crippen LogP contribution >= 0.6 is 11.8 Å². The van der Waals surface area contributed by atoms with Crippen LogP contribution in [-0.4, -0.2) is 53.1 Å². The Hall–Kier alpha value is -3.06. The van der Waals surface area contributed by atoms with Crippen molar-refractivity contribution in [3.63, 3.8) is 0 Å². The van der Waals surface area contributed by atoms with Crippen molar-refractivity contribution in [2.24, 2.45) is 0 Å². The molecule has 0 atom stereocenters. The summed E-state index contributed by atoms with van der Waals surface area (Å²) in [6, 6.07) is 16.5. The Bertz CT molecular complexity index is 961. The van der Waals surface area contributed by atoms with Crippen LogP contribution < -0.4 is 5.32 Å². The van der Waals surface area contributed by atoms with Gasteiger partial charge in [-0.25, -0.2) is 4.98 Å². The van der Waals surface area contributed by atoms with Crippen LogP contribution in [0.2, 0.25) is 0 Å². The molecule has 2 aromatic carbocycles. The maximum atomic E-state index is 12.1. The molecule has 3 rings (SSSR count). The Labute approximate surface area is 181 Å². The highest BCUT2D eigenvalue weighted by atomic mass is 32.2. The maximum Gasteiger partial charge on any atom is 0.241 e. The Morgan fingerprint density at radius 1 is 0.967 bits per heavy atom. The van der Waals surface area contributed by atoms with Crippen LogP contribution in [0, 0.1) is 13.8 Å². The van der Waals surface area contributed by atoms with Crippen molar-refractivity contribution in [2.45, 2.75) is 19.0 Å². The number of hydrogen-bond acceptors (Lipinski definition) is 4. The molecule has 0 aliphatic heterocycles. The van der Waals surface area contributed by atoms with E-state index in [-0.39, 0.29) is 24.1 Å². The van der Waals surface area contributed by atoms with Gasteiger partial charge in [0.25, 0.3) is 0 Å². The molecule has 0 saturated heterocycles. The van der Waals surface area contributed by atoms with Gasteiger partial charge >= 0.3 is 0 Å². The summed E-state index contributed by atoms with van der Waals surface area (Å²) in [5, 5.41) is 3.30. The predicted molar refractivity (Wildman–Crippen MR) is 121 cm³/mol. The van der Waals surface area contributed by atoms with Gasteiger partial charge in [0.05, 0.1) is 23.7 Å². The largest absolute Gasteiger partial charge is 0.347 e.